The molecule has 2 aromatic carbocycles. The molecule has 10 heteroatoms. The maximum absolute atomic E-state index is 12.7. The summed E-state index contributed by atoms with van der Waals surface area (Å²) in [6, 6.07) is 11.7. The number of carbonyl (C=O) groups excluding carboxylic acids is 1. The number of methoxy groups -OCH3 is 1. The predicted octanol–water partition coefficient (Wildman–Crippen LogP) is 4.40. The van der Waals surface area contributed by atoms with Gasteiger partial charge in [-0.05, 0) is 36.4 Å². The van der Waals surface area contributed by atoms with Crippen LogP contribution >= 0.6 is 0 Å². The Morgan fingerprint density at radius 2 is 1.83 bits per heavy atom. The molecule has 1 aromatic heterocycles. The number of nitrogens with one attached hydrogen (secondary N) is 2. The van der Waals surface area contributed by atoms with E-state index in [-0.39, 0.29) is 12.4 Å². The molecule has 0 aliphatic heterocycles. The summed E-state index contributed by atoms with van der Waals surface area (Å²) in [5.74, 6) is 0.564. The standard InChI is InChI=1S/C19H17F3N4O3/c1-28-18(27)23-11-10-16-25-26-17(29-16)14-4-2-3-5-15(14)24-13-8-6-12(7-9-13)19(20,21)22/h2-9,24H,10-11H2,1H3,(H,23,27). The van der Waals surface area contributed by atoms with Gasteiger partial charge in [-0.25, -0.2) is 4.79 Å². The molecule has 0 saturated carbocycles. The fourth-order valence-corrected chi connectivity index (χ4v) is 2.48. The van der Waals surface area contributed by atoms with Crippen LogP contribution in [0.15, 0.2) is 52.9 Å². The minimum Gasteiger partial charge on any atom is -0.453 e. The molecule has 0 atom stereocenters. The first-order valence-corrected chi connectivity index (χ1v) is 8.54. The molecule has 3 aromatic rings. The third-order valence-electron chi connectivity index (χ3n) is 3.91. The Kier molecular flexibility index (Phi) is 6.01. The average Bonchev–Trinajstić information content (AvgIpc) is 3.16. The van der Waals surface area contributed by atoms with Gasteiger partial charge in [0.1, 0.15) is 0 Å². The minimum absolute atomic E-state index is 0.244. The number of benzene rings is 2. The molecule has 1 heterocycles. The predicted molar refractivity (Wildman–Crippen MR) is 98.6 cm³/mol. The lowest BCUT2D eigenvalue weighted by Gasteiger charge is -2.11. The summed E-state index contributed by atoms with van der Waals surface area (Å²) >= 11 is 0. The van der Waals surface area contributed by atoms with Crippen molar-refractivity contribution < 1.29 is 27.1 Å². The molecule has 0 spiro atoms. The SMILES string of the molecule is COC(=O)NCCc1nnc(-c2ccccc2Nc2ccc(C(F)(F)F)cc2)o1. The van der Waals surface area contributed by atoms with Crippen LogP contribution in [0.1, 0.15) is 11.5 Å². The zero-order chi connectivity index (χ0) is 20.9. The molecular formula is C19H17F3N4O3. The van der Waals surface area contributed by atoms with Gasteiger partial charge in [-0.3, -0.25) is 0 Å². The molecule has 152 valence electrons. The Morgan fingerprint density at radius 1 is 1.10 bits per heavy atom. The van der Waals surface area contributed by atoms with Gasteiger partial charge in [0.2, 0.25) is 11.8 Å². The third kappa shape index (κ3) is 5.24. The van der Waals surface area contributed by atoms with Crippen molar-refractivity contribution in [3.05, 3.63) is 60.0 Å². The highest BCUT2D eigenvalue weighted by Crippen LogP contribution is 2.32. The maximum atomic E-state index is 12.7. The van der Waals surface area contributed by atoms with Gasteiger partial charge in [0.25, 0.3) is 0 Å². The number of amides is 1. The lowest BCUT2D eigenvalue weighted by atomic mass is 10.1. The van der Waals surface area contributed by atoms with Crippen LogP contribution in [0, 0.1) is 0 Å². The van der Waals surface area contributed by atoms with E-state index in [0.29, 0.717) is 29.2 Å². The number of alkyl halides is 3. The summed E-state index contributed by atoms with van der Waals surface area (Å²) in [7, 11) is 1.26. The largest absolute Gasteiger partial charge is 0.453 e. The Hall–Kier alpha value is -3.56. The Bertz CT molecular complexity index is 971. The molecule has 0 saturated heterocycles. The summed E-state index contributed by atoms with van der Waals surface area (Å²) in [4.78, 5) is 11.1. The third-order valence-corrected chi connectivity index (χ3v) is 3.91. The zero-order valence-electron chi connectivity index (χ0n) is 15.3. The van der Waals surface area contributed by atoms with Crippen LogP contribution in [-0.2, 0) is 17.3 Å². The molecule has 0 aliphatic carbocycles. The fraction of sp³-hybridized carbons (Fsp3) is 0.211. The van der Waals surface area contributed by atoms with E-state index in [9.17, 15) is 18.0 Å². The number of carbonyl (C=O) groups is 1. The van der Waals surface area contributed by atoms with Crippen LogP contribution in [0.25, 0.3) is 11.5 Å². The first-order chi connectivity index (χ1) is 13.9. The van der Waals surface area contributed by atoms with Crippen LogP contribution in [0.4, 0.5) is 29.3 Å². The van der Waals surface area contributed by atoms with E-state index in [2.05, 4.69) is 25.6 Å². The second-order valence-corrected chi connectivity index (χ2v) is 5.92. The number of hydrogen-bond donors (Lipinski definition) is 2. The van der Waals surface area contributed by atoms with Crippen LogP contribution in [-0.4, -0.2) is 29.9 Å². The van der Waals surface area contributed by atoms with Gasteiger partial charge in [-0.1, -0.05) is 12.1 Å². The van der Waals surface area contributed by atoms with Gasteiger partial charge in [0.05, 0.1) is 23.9 Å². The van der Waals surface area contributed by atoms with E-state index in [1.165, 1.54) is 19.2 Å². The Labute approximate surface area is 163 Å². The van der Waals surface area contributed by atoms with Crippen LogP contribution in [0.3, 0.4) is 0 Å². The van der Waals surface area contributed by atoms with Crippen LogP contribution in [0.2, 0.25) is 0 Å². The van der Waals surface area contributed by atoms with E-state index < -0.39 is 17.8 Å². The molecule has 3 rings (SSSR count). The van der Waals surface area contributed by atoms with Gasteiger partial charge in [0, 0.05) is 18.7 Å². The summed E-state index contributed by atoms with van der Waals surface area (Å²) < 4.78 is 48.2. The van der Waals surface area contributed by atoms with Crippen LogP contribution in [0.5, 0.6) is 0 Å². The van der Waals surface area contributed by atoms with Crippen molar-refractivity contribution >= 4 is 17.5 Å². The van der Waals surface area contributed by atoms with Crippen molar-refractivity contribution in [1.29, 1.82) is 0 Å². The van der Waals surface area contributed by atoms with Gasteiger partial charge in [0.15, 0.2) is 0 Å². The molecule has 1 amide bonds. The normalized spacial score (nSPS) is 11.2. The highest BCUT2D eigenvalue weighted by Gasteiger charge is 2.30. The summed E-state index contributed by atoms with van der Waals surface area (Å²) in [5, 5.41) is 13.5. The lowest BCUT2D eigenvalue weighted by molar-refractivity contribution is -0.137. The quantitative estimate of drug-likeness (QED) is 0.631. The average molecular weight is 406 g/mol. The van der Waals surface area contributed by atoms with Crippen molar-refractivity contribution in [2.24, 2.45) is 0 Å². The number of halogens is 3. The van der Waals surface area contributed by atoms with E-state index in [4.69, 9.17) is 4.42 Å². The van der Waals surface area contributed by atoms with E-state index in [0.717, 1.165) is 12.1 Å². The number of rotatable bonds is 6. The molecule has 0 radical (unpaired) electrons. The fourth-order valence-electron chi connectivity index (χ4n) is 2.48. The van der Waals surface area contributed by atoms with Crippen molar-refractivity contribution in [2.75, 3.05) is 19.0 Å². The van der Waals surface area contributed by atoms with Crippen molar-refractivity contribution in [1.82, 2.24) is 15.5 Å². The molecule has 0 fully saturated rings. The number of aromatic nitrogens is 2. The monoisotopic (exact) mass is 406 g/mol. The first kappa shape index (κ1) is 20.2. The minimum atomic E-state index is -4.39. The molecular weight excluding hydrogens is 389 g/mol. The number of alkyl carbamates (subject to hydrolysis) is 1. The number of hydrogen-bond acceptors (Lipinski definition) is 6. The van der Waals surface area contributed by atoms with Gasteiger partial charge >= 0.3 is 12.3 Å². The molecule has 7 nitrogen and oxygen atoms in total. The van der Waals surface area contributed by atoms with E-state index in [1.807, 2.05) is 0 Å². The lowest BCUT2D eigenvalue weighted by Crippen LogP contribution is -2.25. The first-order valence-electron chi connectivity index (χ1n) is 8.54. The molecule has 0 unspecified atom stereocenters. The smallest absolute Gasteiger partial charge is 0.416 e. The molecule has 0 aliphatic rings. The van der Waals surface area contributed by atoms with Crippen molar-refractivity contribution in [3.8, 4) is 11.5 Å². The number of anilines is 2. The highest BCUT2D eigenvalue weighted by atomic mass is 19.4. The Balaban J connectivity index is 1.73. The number of nitrogens with zero attached hydrogens (tertiary/aromatic N) is 2. The topological polar surface area (TPSA) is 89.3 Å². The van der Waals surface area contributed by atoms with Gasteiger partial charge in [-0.15, -0.1) is 10.2 Å². The zero-order valence-corrected chi connectivity index (χ0v) is 15.3. The molecule has 29 heavy (non-hydrogen) atoms. The van der Waals surface area contributed by atoms with Gasteiger partial charge in [-0.2, -0.15) is 13.2 Å². The van der Waals surface area contributed by atoms with Crippen molar-refractivity contribution in [3.63, 3.8) is 0 Å². The summed E-state index contributed by atoms with van der Waals surface area (Å²) in [6.45, 7) is 0.264. The van der Waals surface area contributed by atoms with Crippen molar-refractivity contribution in [2.45, 2.75) is 12.6 Å². The Morgan fingerprint density at radius 3 is 2.52 bits per heavy atom. The van der Waals surface area contributed by atoms with E-state index >= 15 is 0 Å². The summed E-state index contributed by atoms with van der Waals surface area (Å²) in [6.07, 6.45) is -4.63. The van der Waals surface area contributed by atoms with E-state index in [1.54, 1.807) is 24.3 Å². The number of para-hydroxylation sites is 1. The number of ether oxygens (including phenoxy) is 1. The summed E-state index contributed by atoms with van der Waals surface area (Å²) in [5.41, 5.74) is 0.938. The molecule has 0 bridgehead atoms. The second-order valence-electron chi connectivity index (χ2n) is 5.92. The van der Waals surface area contributed by atoms with Crippen LogP contribution < -0.4 is 10.6 Å². The highest BCUT2D eigenvalue weighted by molar-refractivity contribution is 5.76. The van der Waals surface area contributed by atoms with Gasteiger partial charge < -0.3 is 19.8 Å². The second kappa shape index (κ2) is 8.63. The maximum Gasteiger partial charge on any atom is 0.416 e. The molecule has 2 N–H and O–H groups in total.